The molecule has 0 aliphatic rings. The molecule has 2 N–H and O–H groups in total. The molecule has 8 heteroatoms. The van der Waals surface area contributed by atoms with E-state index in [0.29, 0.717) is 0 Å². The fourth-order valence-corrected chi connectivity index (χ4v) is 2.46. The molecule has 2 aromatic rings. The minimum atomic E-state index is -0.665. The number of carbonyl (C=O) groups is 1. The smallest absolute Gasteiger partial charge is 0.267 e. The second-order valence-corrected chi connectivity index (χ2v) is 5.23. The normalized spacial score (nSPS) is 10.1. The minimum absolute atomic E-state index is 0.00392. The van der Waals surface area contributed by atoms with E-state index in [1.54, 1.807) is 0 Å². The highest BCUT2D eigenvalue weighted by Gasteiger charge is 2.20. The summed E-state index contributed by atoms with van der Waals surface area (Å²) in [6.45, 7) is 1.23. The summed E-state index contributed by atoms with van der Waals surface area (Å²) in [6, 6.07) is 5.95. The van der Waals surface area contributed by atoms with E-state index in [4.69, 9.17) is 26.8 Å². The summed E-state index contributed by atoms with van der Waals surface area (Å²) in [6.07, 6.45) is 0. The number of anilines is 1. The molecule has 0 radical (unpaired) electrons. The Morgan fingerprint density at radius 1 is 1.25 bits per heavy atom. The van der Waals surface area contributed by atoms with Crippen LogP contribution in [0, 0.1) is 11.3 Å². The third-order valence-electron chi connectivity index (χ3n) is 3.43. The molecule has 0 atom stereocenters. The number of Topliss-reactive ketones (excluding diaryl/α,β-unsaturated/α-hetero) is 1. The quantitative estimate of drug-likeness (QED) is 0.849. The molecule has 2 rings (SSSR count). The van der Waals surface area contributed by atoms with Crippen LogP contribution in [0.2, 0.25) is 5.02 Å². The fourth-order valence-electron chi connectivity index (χ4n) is 2.23. The van der Waals surface area contributed by atoms with Crippen LogP contribution >= 0.6 is 11.6 Å². The Bertz CT molecular complexity index is 928. The predicted molar refractivity (Wildman–Crippen MR) is 89.3 cm³/mol. The Labute approximate surface area is 142 Å². The average molecular weight is 348 g/mol. The van der Waals surface area contributed by atoms with Crippen molar-refractivity contribution < 1.29 is 14.3 Å². The molecule has 1 heterocycles. The maximum atomic E-state index is 12.7. The molecule has 0 aliphatic heterocycles. The van der Waals surface area contributed by atoms with Gasteiger partial charge in [-0.25, -0.2) is 0 Å². The van der Waals surface area contributed by atoms with Crippen LogP contribution < -0.4 is 20.8 Å². The minimum Gasteiger partial charge on any atom is -0.495 e. The first-order valence-electron chi connectivity index (χ1n) is 6.74. The van der Waals surface area contributed by atoms with E-state index in [-0.39, 0.29) is 39.2 Å². The van der Waals surface area contributed by atoms with Gasteiger partial charge in [0.15, 0.2) is 5.78 Å². The highest BCUT2D eigenvalue weighted by molar-refractivity contribution is 6.32. The highest BCUT2D eigenvalue weighted by Crippen LogP contribution is 2.35. The summed E-state index contributed by atoms with van der Waals surface area (Å²) in [4.78, 5) is 24.4. The van der Waals surface area contributed by atoms with Gasteiger partial charge >= 0.3 is 0 Å². The number of nitrogen functional groups attached to an aromatic ring is 1. The Hall–Kier alpha value is -2.98. The summed E-state index contributed by atoms with van der Waals surface area (Å²) in [5.74, 6) is -0.0787. The highest BCUT2D eigenvalue weighted by atomic mass is 35.5. The van der Waals surface area contributed by atoms with Crippen molar-refractivity contribution in [2.45, 2.75) is 6.92 Å². The molecule has 0 saturated carbocycles. The van der Waals surface area contributed by atoms with Crippen molar-refractivity contribution >= 4 is 23.2 Å². The Kier molecular flexibility index (Phi) is 4.81. The molecular formula is C16H14ClN3O4. The number of ketones is 1. The molecule has 0 fully saturated rings. The average Bonchev–Trinajstić information content (AvgIpc) is 2.55. The first-order chi connectivity index (χ1) is 11.3. The van der Waals surface area contributed by atoms with Gasteiger partial charge in [-0.05, 0) is 13.0 Å². The molecule has 1 aromatic carbocycles. The third-order valence-corrected chi connectivity index (χ3v) is 3.73. The van der Waals surface area contributed by atoms with Crippen LogP contribution in [0.3, 0.4) is 0 Å². The number of benzene rings is 1. The molecule has 0 saturated heterocycles. The summed E-state index contributed by atoms with van der Waals surface area (Å²) in [5, 5.41) is 9.50. The zero-order valence-corrected chi connectivity index (χ0v) is 14.0. The number of rotatable bonds is 4. The van der Waals surface area contributed by atoms with Gasteiger partial charge in [0, 0.05) is 12.1 Å². The van der Waals surface area contributed by atoms with Crippen LogP contribution in [0.4, 0.5) is 5.82 Å². The van der Waals surface area contributed by atoms with E-state index in [2.05, 4.69) is 0 Å². The van der Waals surface area contributed by atoms with Crippen molar-refractivity contribution in [1.82, 2.24) is 4.57 Å². The number of aromatic nitrogens is 1. The lowest BCUT2D eigenvalue weighted by Gasteiger charge is -2.17. The molecular weight excluding hydrogens is 334 g/mol. The summed E-state index contributed by atoms with van der Waals surface area (Å²) < 4.78 is 11.4. The summed E-state index contributed by atoms with van der Waals surface area (Å²) >= 11 is 6.06. The van der Waals surface area contributed by atoms with Gasteiger partial charge in [-0.1, -0.05) is 11.6 Å². The lowest BCUT2D eigenvalue weighted by Crippen LogP contribution is -2.28. The van der Waals surface area contributed by atoms with E-state index in [1.165, 1.54) is 39.3 Å². The van der Waals surface area contributed by atoms with Gasteiger partial charge in [-0.3, -0.25) is 14.2 Å². The second-order valence-electron chi connectivity index (χ2n) is 4.82. The van der Waals surface area contributed by atoms with Gasteiger partial charge < -0.3 is 15.2 Å². The first-order valence-corrected chi connectivity index (χ1v) is 7.12. The van der Waals surface area contributed by atoms with Gasteiger partial charge in [0.25, 0.3) is 5.56 Å². The van der Waals surface area contributed by atoms with Crippen molar-refractivity contribution in [1.29, 1.82) is 5.26 Å². The number of nitrogens with zero attached hydrogens (tertiary/aromatic N) is 2. The molecule has 124 valence electrons. The van der Waals surface area contributed by atoms with Crippen LogP contribution in [-0.2, 0) is 0 Å². The maximum absolute atomic E-state index is 12.7. The second kappa shape index (κ2) is 6.64. The zero-order valence-electron chi connectivity index (χ0n) is 13.2. The molecule has 1 aromatic heterocycles. The Morgan fingerprint density at radius 2 is 1.88 bits per heavy atom. The first kappa shape index (κ1) is 17.4. The molecule has 0 amide bonds. The van der Waals surface area contributed by atoms with Crippen molar-refractivity contribution in [3.8, 4) is 23.3 Å². The van der Waals surface area contributed by atoms with Gasteiger partial charge in [0.2, 0.25) is 0 Å². The number of halogens is 1. The van der Waals surface area contributed by atoms with Gasteiger partial charge in [0.05, 0.1) is 36.1 Å². The van der Waals surface area contributed by atoms with Gasteiger partial charge in [0.1, 0.15) is 23.4 Å². The third kappa shape index (κ3) is 2.79. The topological polar surface area (TPSA) is 107 Å². The largest absolute Gasteiger partial charge is 0.495 e. The summed E-state index contributed by atoms with van der Waals surface area (Å²) in [5.41, 5.74) is 5.33. The predicted octanol–water partition coefficient (Wildman–Crippen LogP) is 2.16. The number of nitriles is 1. The molecule has 7 nitrogen and oxygen atoms in total. The van der Waals surface area contributed by atoms with Gasteiger partial charge in [-0.15, -0.1) is 0 Å². The van der Waals surface area contributed by atoms with E-state index in [9.17, 15) is 14.9 Å². The fraction of sp³-hybridized carbons (Fsp3) is 0.188. The van der Waals surface area contributed by atoms with Crippen molar-refractivity contribution in [3.63, 3.8) is 0 Å². The van der Waals surface area contributed by atoms with Crippen molar-refractivity contribution in [2.24, 2.45) is 0 Å². The van der Waals surface area contributed by atoms with E-state index in [0.717, 1.165) is 4.57 Å². The van der Waals surface area contributed by atoms with Gasteiger partial charge in [-0.2, -0.15) is 5.26 Å². The van der Waals surface area contributed by atoms with Crippen LogP contribution in [0.1, 0.15) is 22.8 Å². The monoisotopic (exact) mass is 347 g/mol. The van der Waals surface area contributed by atoms with E-state index >= 15 is 0 Å². The molecule has 0 spiro atoms. The Morgan fingerprint density at radius 3 is 2.38 bits per heavy atom. The molecule has 0 unspecified atom stereocenters. The van der Waals surface area contributed by atoms with E-state index in [1.807, 2.05) is 6.07 Å². The standard InChI is InChI=1S/C16H14ClN3O4/c1-8(21)10-4-9(7-18)15(19)20(16(10)22)12-6-13(23-2)11(17)5-14(12)24-3/h4-6H,19H2,1-3H3. The number of hydrogen-bond donors (Lipinski definition) is 1. The van der Waals surface area contributed by atoms with Crippen LogP contribution in [0.25, 0.3) is 5.69 Å². The van der Waals surface area contributed by atoms with Crippen molar-refractivity contribution in [3.05, 3.63) is 44.7 Å². The summed E-state index contributed by atoms with van der Waals surface area (Å²) in [7, 11) is 2.80. The van der Waals surface area contributed by atoms with Crippen molar-refractivity contribution in [2.75, 3.05) is 20.0 Å². The van der Waals surface area contributed by atoms with Crippen LogP contribution in [0.15, 0.2) is 23.0 Å². The Balaban J connectivity index is 2.97. The molecule has 0 aliphatic carbocycles. The maximum Gasteiger partial charge on any atom is 0.267 e. The lowest BCUT2D eigenvalue weighted by atomic mass is 10.1. The van der Waals surface area contributed by atoms with Crippen LogP contribution in [-0.4, -0.2) is 24.6 Å². The zero-order chi connectivity index (χ0) is 18.0. The molecule has 24 heavy (non-hydrogen) atoms. The number of pyridine rings is 1. The molecule has 0 bridgehead atoms. The lowest BCUT2D eigenvalue weighted by molar-refractivity contribution is 0.101. The SMILES string of the molecule is COc1cc(-n2c(N)c(C#N)cc(C(C)=O)c2=O)c(OC)cc1Cl. The number of ether oxygens (including phenoxy) is 2. The number of methoxy groups -OCH3 is 2. The number of carbonyl (C=O) groups excluding carboxylic acids is 1. The number of hydrogen-bond acceptors (Lipinski definition) is 6. The van der Waals surface area contributed by atoms with E-state index < -0.39 is 11.3 Å². The number of nitrogens with two attached hydrogens (primary N) is 1. The van der Waals surface area contributed by atoms with Crippen LogP contribution in [0.5, 0.6) is 11.5 Å².